The molecule has 9 heteroatoms. The minimum atomic E-state index is -1.12. The molecule has 1 amide bonds. The molecule has 4 rings (SSSR count). The van der Waals surface area contributed by atoms with Gasteiger partial charge in [0.1, 0.15) is 12.7 Å². The van der Waals surface area contributed by atoms with Crippen molar-refractivity contribution >= 4 is 35.0 Å². The normalized spacial score (nSPS) is 24.9. The third kappa shape index (κ3) is 2.94. The minimum Gasteiger partial charge on any atom is -0.477 e. The molecular weight excluding hydrogens is 398 g/mol. The number of thioether (sulfide) groups is 1. The number of pyridine rings is 1. The Morgan fingerprint density at radius 3 is 2.86 bits per heavy atom. The predicted molar refractivity (Wildman–Crippen MR) is 104 cm³/mol. The third-order valence-corrected chi connectivity index (χ3v) is 7.45. The van der Waals surface area contributed by atoms with Gasteiger partial charge in [-0.2, -0.15) is 0 Å². The monoisotopic (exact) mass is 418 g/mol. The van der Waals surface area contributed by atoms with E-state index >= 15 is 0 Å². The number of nitrogens with zero attached hydrogens (tertiary/aromatic N) is 3. The van der Waals surface area contributed by atoms with E-state index in [-0.39, 0.29) is 23.6 Å². The second kappa shape index (κ2) is 6.98. The largest absolute Gasteiger partial charge is 0.477 e. The quantitative estimate of drug-likeness (QED) is 0.569. The lowest BCUT2D eigenvalue weighted by molar-refractivity contribution is -0.671. The van der Waals surface area contributed by atoms with Crippen molar-refractivity contribution in [2.45, 2.75) is 30.3 Å². The van der Waals surface area contributed by atoms with Crippen molar-refractivity contribution < 1.29 is 24.4 Å². The van der Waals surface area contributed by atoms with E-state index in [1.165, 1.54) is 28.0 Å². The zero-order valence-corrected chi connectivity index (χ0v) is 17.2. The third-order valence-electron chi connectivity index (χ3n) is 5.23. The Morgan fingerprint density at radius 2 is 2.21 bits per heavy atom. The van der Waals surface area contributed by atoms with Crippen LogP contribution in [0.4, 0.5) is 0 Å². The summed E-state index contributed by atoms with van der Waals surface area (Å²) in [7, 11) is 1.94. The number of aliphatic hydroxyl groups excluding tert-OH is 1. The standard InChI is InChI=1S/C19H19N3O4S2/c1-9-14-13(10(2)23)17(24)22(14)15(18(25)26)16(9)28-19-20-12(8-27-19)11-5-4-6-21(3)7-11/h4-10,13-14,23H,1-3H3/p+1/t9-,10-,13-,14-/m1/s1. The van der Waals surface area contributed by atoms with Crippen LogP contribution in [0.15, 0.2) is 44.8 Å². The van der Waals surface area contributed by atoms with Gasteiger partial charge in [-0.1, -0.05) is 18.7 Å². The van der Waals surface area contributed by atoms with E-state index in [0.29, 0.717) is 4.91 Å². The number of carbonyl (C=O) groups excluding carboxylic acids is 1. The summed E-state index contributed by atoms with van der Waals surface area (Å²) in [5, 5.41) is 21.6. The van der Waals surface area contributed by atoms with Gasteiger partial charge < -0.3 is 15.1 Å². The number of carbonyl (C=O) groups is 2. The summed E-state index contributed by atoms with van der Waals surface area (Å²) in [6.07, 6.45) is 3.11. The van der Waals surface area contributed by atoms with Gasteiger partial charge in [-0.3, -0.25) is 4.79 Å². The second-order valence-electron chi connectivity index (χ2n) is 7.13. The van der Waals surface area contributed by atoms with Crippen LogP contribution in [-0.4, -0.2) is 44.1 Å². The number of hydrogen-bond donors (Lipinski definition) is 2. The molecule has 0 unspecified atom stereocenters. The van der Waals surface area contributed by atoms with Gasteiger partial charge in [-0.05, 0) is 13.0 Å². The Hall–Kier alpha value is -2.23. The zero-order valence-electron chi connectivity index (χ0n) is 15.6. The van der Waals surface area contributed by atoms with Crippen LogP contribution in [0.1, 0.15) is 13.8 Å². The Bertz CT molecular complexity index is 1000. The lowest BCUT2D eigenvalue weighted by Crippen LogP contribution is -2.63. The number of aryl methyl sites for hydroxylation is 1. The maximum Gasteiger partial charge on any atom is 0.353 e. The van der Waals surface area contributed by atoms with Crippen LogP contribution >= 0.6 is 23.1 Å². The topological polar surface area (TPSA) is 94.6 Å². The highest BCUT2D eigenvalue weighted by Crippen LogP contribution is 2.52. The molecule has 146 valence electrons. The van der Waals surface area contributed by atoms with Crippen LogP contribution in [-0.2, 0) is 16.6 Å². The van der Waals surface area contributed by atoms with E-state index < -0.39 is 18.0 Å². The first-order valence-corrected chi connectivity index (χ1v) is 10.6. The number of amides is 1. The molecule has 0 aromatic carbocycles. The maximum atomic E-state index is 12.4. The molecule has 0 bridgehead atoms. The molecule has 2 aliphatic heterocycles. The van der Waals surface area contributed by atoms with Gasteiger partial charge in [0.25, 0.3) is 0 Å². The van der Waals surface area contributed by atoms with E-state index in [0.717, 1.165) is 15.6 Å². The molecule has 0 spiro atoms. The van der Waals surface area contributed by atoms with Crippen LogP contribution in [0.5, 0.6) is 0 Å². The fourth-order valence-electron chi connectivity index (χ4n) is 3.93. The number of aromatic nitrogens is 2. The lowest BCUT2D eigenvalue weighted by atomic mass is 9.79. The summed E-state index contributed by atoms with van der Waals surface area (Å²) in [4.78, 5) is 30.9. The van der Waals surface area contributed by atoms with Crippen molar-refractivity contribution in [3.63, 3.8) is 0 Å². The molecule has 2 N–H and O–H groups in total. The van der Waals surface area contributed by atoms with Crippen molar-refractivity contribution in [3.05, 3.63) is 40.5 Å². The molecule has 0 radical (unpaired) electrons. The Balaban J connectivity index is 1.64. The van der Waals surface area contributed by atoms with Crippen LogP contribution in [0, 0.1) is 11.8 Å². The number of aliphatic hydroxyl groups is 1. The number of β-lactam (4-membered cyclic amide) rings is 1. The van der Waals surface area contributed by atoms with Gasteiger partial charge in [0.2, 0.25) is 5.91 Å². The molecule has 2 aromatic rings. The number of aliphatic carboxylic acids is 1. The zero-order chi connectivity index (χ0) is 20.2. The highest BCUT2D eigenvalue weighted by atomic mass is 32.2. The molecule has 1 fully saturated rings. The summed E-state index contributed by atoms with van der Waals surface area (Å²) in [6, 6.07) is 3.61. The SMILES string of the molecule is C[C@@H](O)[C@H]1C(=O)N2C(C(=O)O)=C(Sc3nc(-c4ccc[n+](C)c4)cs3)[C@H](C)[C@H]12. The minimum absolute atomic E-state index is 0.0206. The number of carboxylic acid groups (broad SMARTS) is 1. The molecule has 0 aliphatic carbocycles. The van der Waals surface area contributed by atoms with E-state index in [4.69, 9.17) is 0 Å². The highest BCUT2D eigenvalue weighted by Gasteiger charge is 2.60. The average molecular weight is 419 g/mol. The number of carboxylic acids is 1. The molecule has 4 heterocycles. The Labute approximate surface area is 170 Å². The van der Waals surface area contributed by atoms with Gasteiger partial charge in [0, 0.05) is 22.3 Å². The van der Waals surface area contributed by atoms with Crippen molar-refractivity contribution in [3.8, 4) is 11.3 Å². The van der Waals surface area contributed by atoms with Crippen LogP contribution in [0.3, 0.4) is 0 Å². The van der Waals surface area contributed by atoms with Gasteiger partial charge in [0.15, 0.2) is 16.7 Å². The molecule has 7 nitrogen and oxygen atoms in total. The van der Waals surface area contributed by atoms with E-state index in [1.54, 1.807) is 6.92 Å². The summed E-state index contributed by atoms with van der Waals surface area (Å²) >= 11 is 2.75. The maximum absolute atomic E-state index is 12.4. The summed E-state index contributed by atoms with van der Waals surface area (Å²) in [6.45, 7) is 3.48. The van der Waals surface area contributed by atoms with E-state index in [9.17, 15) is 19.8 Å². The Morgan fingerprint density at radius 1 is 1.46 bits per heavy atom. The van der Waals surface area contributed by atoms with Crippen LogP contribution in [0.2, 0.25) is 0 Å². The van der Waals surface area contributed by atoms with E-state index in [1.807, 2.05) is 48.4 Å². The van der Waals surface area contributed by atoms with Crippen molar-refractivity contribution in [1.82, 2.24) is 9.88 Å². The highest BCUT2D eigenvalue weighted by molar-refractivity contribution is 8.04. The molecule has 2 aromatic heterocycles. The van der Waals surface area contributed by atoms with Gasteiger partial charge in [-0.25, -0.2) is 14.3 Å². The fraction of sp³-hybridized carbons (Fsp3) is 0.368. The summed E-state index contributed by atoms with van der Waals surface area (Å²) in [5.74, 6) is -2.17. The Kier molecular flexibility index (Phi) is 4.76. The number of rotatable bonds is 5. The number of fused-ring (bicyclic) bond motifs is 1. The molecule has 28 heavy (non-hydrogen) atoms. The first-order valence-electron chi connectivity index (χ1n) is 8.87. The number of hydrogen-bond acceptors (Lipinski definition) is 6. The summed E-state index contributed by atoms with van der Waals surface area (Å²) < 4.78 is 2.67. The van der Waals surface area contributed by atoms with Crippen molar-refractivity contribution in [1.29, 1.82) is 0 Å². The molecule has 0 saturated carbocycles. The average Bonchev–Trinajstić information content (AvgIpc) is 3.18. The van der Waals surface area contributed by atoms with Gasteiger partial charge >= 0.3 is 5.97 Å². The lowest BCUT2D eigenvalue weighted by Gasteiger charge is -2.46. The second-order valence-corrected chi connectivity index (χ2v) is 9.28. The van der Waals surface area contributed by atoms with Crippen LogP contribution in [0.25, 0.3) is 11.3 Å². The predicted octanol–water partition coefficient (Wildman–Crippen LogP) is 1.88. The first kappa shape index (κ1) is 19.1. The van der Waals surface area contributed by atoms with Gasteiger partial charge in [-0.15, -0.1) is 11.3 Å². The first-order chi connectivity index (χ1) is 13.3. The van der Waals surface area contributed by atoms with Gasteiger partial charge in [0.05, 0.1) is 29.3 Å². The molecular formula is C19H20N3O4S2+. The molecule has 4 atom stereocenters. The molecule has 1 saturated heterocycles. The fourth-order valence-corrected chi connectivity index (χ4v) is 6.03. The van der Waals surface area contributed by atoms with Crippen molar-refractivity contribution in [2.24, 2.45) is 18.9 Å². The smallest absolute Gasteiger partial charge is 0.353 e. The van der Waals surface area contributed by atoms with E-state index in [2.05, 4.69) is 4.98 Å². The van der Waals surface area contributed by atoms with Crippen LogP contribution < -0.4 is 4.57 Å². The summed E-state index contributed by atoms with van der Waals surface area (Å²) in [5.41, 5.74) is 1.83. The number of thiazole rings is 1. The van der Waals surface area contributed by atoms with Crippen molar-refractivity contribution in [2.75, 3.05) is 0 Å². The molecule has 2 aliphatic rings.